The number of carbonyl (C=O) groups excluding carboxylic acids is 1. The van der Waals surface area contributed by atoms with Gasteiger partial charge in [0, 0.05) is 6.42 Å². The monoisotopic (exact) mass is 952 g/mol. The molecule has 0 saturated carbocycles. The molecule has 3 atom stereocenters. The highest BCUT2D eigenvalue weighted by Crippen LogP contribution is 2.43. The SMILES string of the molecule is CCCCCC/C=C\CCCCCCCC(=O)NC(COP(=O)(O)OCC[N+](C)(C)C)C(O)/C=C/CC/C=C/CCCCCCCCCCCCCCCCCCCCCCCCCCC. The number of allylic oxidation sites excluding steroid dienone is 5. The van der Waals surface area contributed by atoms with Crippen molar-refractivity contribution in [2.75, 3.05) is 40.9 Å². The van der Waals surface area contributed by atoms with Gasteiger partial charge >= 0.3 is 7.82 Å². The Hall–Kier alpha value is -1.28. The van der Waals surface area contributed by atoms with Crippen LogP contribution in [0.25, 0.3) is 0 Å². The Bertz CT molecular complexity index is 1170. The van der Waals surface area contributed by atoms with Gasteiger partial charge in [0.15, 0.2) is 0 Å². The third kappa shape index (κ3) is 50.6. The number of aliphatic hydroxyl groups is 1. The first-order chi connectivity index (χ1) is 32.0. The number of quaternary nitrogens is 1. The number of nitrogens with zero attached hydrogens (tertiary/aromatic N) is 1. The summed E-state index contributed by atoms with van der Waals surface area (Å²) in [5, 5.41) is 13.9. The van der Waals surface area contributed by atoms with Crippen LogP contribution >= 0.6 is 7.82 Å². The number of hydrogen-bond donors (Lipinski definition) is 3. The van der Waals surface area contributed by atoms with E-state index in [2.05, 4.69) is 43.5 Å². The molecule has 66 heavy (non-hydrogen) atoms. The first-order valence-corrected chi connectivity index (χ1v) is 29.9. The van der Waals surface area contributed by atoms with Gasteiger partial charge in [-0.2, -0.15) is 0 Å². The third-order valence-electron chi connectivity index (χ3n) is 12.8. The highest BCUT2D eigenvalue weighted by molar-refractivity contribution is 7.47. The average Bonchev–Trinajstić information content (AvgIpc) is 3.28. The predicted octanol–water partition coefficient (Wildman–Crippen LogP) is 17.0. The molecule has 3 N–H and O–H groups in total. The van der Waals surface area contributed by atoms with E-state index in [1.165, 1.54) is 199 Å². The molecule has 0 radical (unpaired) electrons. The Morgan fingerprint density at radius 3 is 1.23 bits per heavy atom. The molecule has 8 nitrogen and oxygen atoms in total. The molecule has 0 heterocycles. The van der Waals surface area contributed by atoms with E-state index in [1.807, 2.05) is 27.2 Å². The van der Waals surface area contributed by atoms with Crippen LogP contribution in [-0.2, 0) is 18.4 Å². The van der Waals surface area contributed by atoms with Gasteiger partial charge in [0.1, 0.15) is 13.2 Å². The first kappa shape index (κ1) is 64.7. The molecule has 0 rings (SSSR count). The van der Waals surface area contributed by atoms with E-state index in [1.54, 1.807) is 6.08 Å². The van der Waals surface area contributed by atoms with Crippen LogP contribution < -0.4 is 5.32 Å². The van der Waals surface area contributed by atoms with Crippen molar-refractivity contribution in [2.45, 2.75) is 283 Å². The Labute approximate surface area is 410 Å². The number of phosphoric ester groups is 1. The molecule has 3 unspecified atom stereocenters. The lowest BCUT2D eigenvalue weighted by atomic mass is 10.0. The lowest BCUT2D eigenvalue weighted by Crippen LogP contribution is -2.45. The van der Waals surface area contributed by atoms with Crippen LogP contribution in [0.2, 0.25) is 0 Å². The second-order valence-electron chi connectivity index (χ2n) is 20.7. The summed E-state index contributed by atoms with van der Waals surface area (Å²) in [6.45, 7) is 4.79. The number of unbranched alkanes of at least 4 members (excludes halogenated alkanes) is 35. The zero-order valence-corrected chi connectivity index (χ0v) is 45.3. The summed E-state index contributed by atoms with van der Waals surface area (Å²) in [5.41, 5.74) is 0. The summed E-state index contributed by atoms with van der Waals surface area (Å²) in [5.74, 6) is -0.195. The second kappa shape index (κ2) is 48.7. The molecule has 0 aliphatic rings. The number of rotatable bonds is 52. The molecule has 9 heteroatoms. The Morgan fingerprint density at radius 1 is 0.500 bits per heavy atom. The molecule has 0 aliphatic heterocycles. The highest BCUT2D eigenvalue weighted by Gasteiger charge is 2.27. The van der Waals surface area contributed by atoms with Crippen molar-refractivity contribution in [3.05, 3.63) is 36.5 Å². The predicted molar refractivity (Wildman–Crippen MR) is 286 cm³/mol. The molecule has 0 aromatic rings. The summed E-state index contributed by atoms with van der Waals surface area (Å²) in [7, 11) is 1.55. The number of likely N-dealkylation sites (N-methyl/N-ethyl adjacent to an activating group) is 1. The topological polar surface area (TPSA) is 105 Å². The van der Waals surface area contributed by atoms with Gasteiger partial charge in [-0.1, -0.05) is 243 Å². The number of nitrogens with one attached hydrogen (secondary N) is 1. The normalized spacial score (nSPS) is 14.2. The molecule has 0 aliphatic carbocycles. The molecule has 390 valence electrons. The summed E-state index contributed by atoms with van der Waals surface area (Å²) >= 11 is 0. The Kier molecular flexibility index (Phi) is 47.8. The number of phosphoric acid groups is 1. The molecule has 0 aromatic carbocycles. The lowest BCUT2D eigenvalue weighted by molar-refractivity contribution is -0.870. The molecule has 0 aromatic heterocycles. The molecule has 0 spiro atoms. The average molecular weight is 953 g/mol. The fraction of sp³-hybridized carbons (Fsp3) is 0.877. The smallest absolute Gasteiger partial charge is 0.387 e. The van der Waals surface area contributed by atoms with Crippen molar-refractivity contribution in [2.24, 2.45) is 0 Å². The van der Waals surface area contributed by atoms with Crippen LogP contribution in [0, 0.1) is 0 Å². The molecule has 0 saturated heterocycles. The summed E-state index contributed by atoms with van der Waals surface area (Å²) in [4.78, 5) is 23.2. The van der Waals surface area contributed by atoms with Crippen LogP contribution in [-0.4, -0.2) is 73.4 Å². The zero-order valence-electron chi connectivity index (χ0n) is 44.4. The maximum absolute atomic E-state index is 12.9. The number of carbonyl (C=O) groups is 1. The summed E-state index contributed by atoms with van der Waals surface area (Å²) in [6.07, 6.45) is 62.7. The van der Waals surface area contributed by atoms with Gasteiger partial charge in [-0.25, -0.2) is 4.57 Å². The maximum atomic E-state index is 12.9. The Morgan fingerprint density at radius 2 is 0.833 bits per heavy atom. The van der Waals surface area contributed by atoms with E-state index < -0.39 is 20.0 Å². The minimum Gasteiger partial charge on any atom is -0.387 e. The maximum Gasteiger partial charge on any atom is 0.472 e. The molecule has 1 amide bonds. The van der Waals surface area contributed by atoms with E-state index in [4.69, 9.17) is 9.05 Å². The van der Waals surface area contributed by atoms with Crippen LogP contribution in [0.4, 0.5) is 0 Å². The molecular formula is C57H112N2O6P+. The Balaban J connectivity index is 4.13. The van der Waals surface area contributed by atoms with Crippen molar-refractivity contribution in [3.63, 3.8) is 0 Å². The van der Waals surface area contributed by atoms with Gasteiger partial charge in [-0.05, 0) is 57.8 Å². The van der Waals surface area contributed by atoms with Gasteiger partial charge < -0.3 is 19.8 Å². The van der Waals surface area contributed by atoms with E-state index in [-0.39, 0.29) is 19.1 Å². The van der Waals surface area contributed by atoms with Gasteiger partial charge in [0.2, 0.25) is 5.91 Å². The number of aliphatic hydroxyl groups excluding tert-OH is 1. The quantitative estimate of drug-likeness (QED) is 0.0243. The van der Waals surface area contributed by atoms with Crippen molar-refractivity contribution in [1.82, 2.24) is 5.32 Å². The van der Waals surface area contributed by atoms with Crippen LogP contribution in [0.5, 0.6) is 0 Å². The summed E-state index contributed by atoms with van der Waals surface area (Å²) in [6, 6.07) is -0.867. The molecule has 0 fully saturated rings. The number of amides is 1. The minimum atomic E-state index is -4.35. The first-order valence-electron chi connectivity index (χ1n) is 28.4. The van der Waals surface area contributed by atoms with Crippen molar-refractivity contribution < 1.29 is 32.9 Å². The van der Waals surface area contributed by atoms with E-state index in [0.717, 1.165) is 51.4 Å². The van der Waals surface area contributed by atoms with E-state index in [9.17, 15) is 19.4 Å². The van der Waals surface area contributed by atoms with Gasteiger partial charge in [0.05, 0.1) is 39.9 Å². The van der Waals surface area contributed by atoms with E-state index >= 15 is 0 Å². The fourth-order valence-corrected chi connectivity index (χ4v) is 9.08. The van der Waals surface area contributed by atoms with Crippen molar-refractivity contribution in [1.29, 1.82) is 0 Å². The fourth-order valence-electron chi connectivity index (χ4n) is 8.35. The van der Waals surface area contributed by atoms with Crippen molar-refractivity contribution >= 4 is 13.7 Å². The van der Waals surface area contributed by atoms with Gasteiger partial charge in [-0.15, -0.1) is 0 Å². The lowest BCUT2D eigenvalue weighted by Gasteiger charge is -2.25. The molecule has 0 bridgehead atoms. The molecular weight excluding hydrogens is 840 g/mol. The van der Waals surface area contributed by atoms with Gasteiger partial charge in [-0.3, -0.25) is 13.8 Å². The van der Waals surface area contributed by atoms with Crippen LogP contribution in [0.15, 0.2) is 36.5 Å². The van der Waals surface area contributed by atoms with Crippen LogP contribution in [0.1, 0.15) is 271 Å². The largest absolute Gasteiger partial charge is 0.472 e. The van der Waals surface area contributed by atoms with Crippen molar-refractivity contribution in [3.8, 4) is 0 Å². The van der Waals surface area contributed by atoms with E-state index in [0.29, 0.717) is 17.4 Å². The standard InChI is InChI=1S/C57H111N2O6P/c1-6-8-10-12-14-16-18-20-21-22-23-24-25-26-27-28-29-30-31-32-33-34-35-36-37-39-40-42-44-46-48-50-56(60)55(54-65-66(62,63)64-53-52-59(3,4)5)58-57(61)51-49-47-45-43-41-38-19-17-15-13-11-9-7-2/h17,19,40,42,48,50,55-56,60H,6-16,18,20-39,41,43-47,49,51-54H2,1-5H3,(H-,58,61,62,63)/p+1/b19-17-,42-40+,50-48+. The highest BCUT2D eigenvalue weighted by atomic mass is 31.2. The zero-order chi connectivity index (χ0) is 48.5. The second-order valence-corrected chi connectivity index (χ2v) is 22.1. The summed E-state index contributed by atoms with van der Waals surface area (Å²) < 4.78 is 23.6. The third-order valence-corrected chi connectivity index (χ3v) is 13.8. The van der Waals surface area contributed by atoms with Gasteiger partial charge in [0.25, 0.3) is 0 Å². The number of hydrogen-bond acceptors (Lipinski definition) is 5. The minimum absolute atomic E-state index is 0.0549. The van der Waals surface area contributed by atoms with Crippen LogP contribution in [0.3, 0.4) is 0 Å².